The lowest BCUT2D eigenvalue weighted by Gasteiger charge is -2.34. The molecule has 146 valence electrons. The zero-order valence-electron chi connectivity index (χ0n) is 15.8. The second-order valence-electron chi connectivity index (χ2n) is 6.14. The molecular formula is C19H26N4O4. The van der Waals surface area contributed by atoms with Gasteiger partial charge in [0.15, 0.2) is 0 Å². The van der Waals surface area contributed by atoms with Crippen molar-refractivity contribution in [3.63, 3.8) is 0 Å². The predicted octanol–water partition coefficient (Wildman–Crippen LogP) is 0.112. The van der Waals surface area contributed by atoms with Crippen LogP contribution in [0.2, 0.25) is 0 Å². The van der Waals surface area contributed by atoms with Crippen LogP contribution in [0.1, 0.15) is 13.8 Å². The van der Waals surface area contributed by atoms with E-state index in [9.17, 15) is 19.2 Å². The van der Waals surface area contributed by atoms with Gasteiger partial charge in [-0.2, -0.15) is 0 Å². The summed E-state index contributed by atoms with van der Waals surface area (Å²) in [7, 11) is 0. The summed E-state index contributed by atoms with van der Waals surface area (Å²) >= 11 is 0. The third-order valence-electron chi connectivity index (χ3n) is 3.96. The Kier molecular flexibility index (Phi) is 8.19. The summed E-state index contributed by atoms with van der Waals surface area (Å²) in [5.74, 6) is -1.23. The molecule has 1 heterocycles. The largest absolute Gasteiger partial charge is 0.336 e. The van der Waals surface area contributed by atoms with Crippen molar-refractivity contribution >= 4 is 23.6 Å². The fraction of sp³-hybridized carbons (Fsp3) is 0.368. The third kappa shape index (κ3) is 6.58. The summed E-state index contributed by atoms with van der Waals surface area (Å²) in [5.41, 5.74) is 0.806. The highest BCUT2D eigenvalue weighted by Gasteiger charge is 2.24. The average molecular weight is 374 g/mol. The fourth-order valence-electron chi connectivity index (χ4n) is 2.35. The van der Waals surface area contributed by atoms with Gasteiger partial charge < -0.3 is 20.4 Å². The van der Waals surface area contributed by atoms with Crippen molar-refractivity contribution in [1.29, 1.82) is 0 Å². The van der Waals surface area contributed by atoms with E-state index in [1.165, 1.54) is 12.2 Å². The number of nitrogens with one attached hydrogen (secondary N) is 2. The van der Waals surface area contributed by atoms with E-state index in [4.69, 9.17) is 0 Å². The van der Waals surface area contributed by atoms with E-state index in [2.05, 4.69) is 30.4 Å². The first kappa shape index (κ1) is 21.9. The fourth-order valence-corrected chi connectivity index (χ4v) is 2.35. The molecular weight excluding hydrogens is 348 g/mol. The van der Waals surface area contributed by atoms with Crippen LogP contribution in [0.3, 0.4) is 0 Å². The van der Waals surface area contributed by atoms with Gasteiger partial charge in [0.2, 0.25) is 17.7 Å². The molecule has 8 nitrogen and oxygen atoms in total. The van der Waals surface area contributed by atoms with E-state index in [1.54, 1.807) is 23.6 Å². The summed E-state index contributed by atoms with van der Waals surface area (Å²) < 4.78 is 0. The minimum Gasteiger partial charge on any atom is -0.336 e. The van der Waals surface area contributed by atoms with Gasteiger partial charge in [0.25, 0.3) is 5.91 Å². The van der Waals surface area contributed by atoms with E-state index in [-0.39, 0.29) is 30.0 Å². The Morgan fingerprint density at radius 1 is 0.926 bits per heavy atom. The molecule has 0 aromatic rings. The Bertz CT molecular complexity index is 700. The van der Waals surface area contributed by atoms with E-state index in [1.807, 2.05) is 0 Å². The monoisotopic (exact) mass is 374 g/mol. The molecule has 2 N–H and O–H groups in total. The maximum absolute atomic E-state index is 12.4. The van der Waals surface area contributed by atoms with Gasteiger partial charge in [-0.1, -0.05) is 19.7 Å². The maximum atomic E-state index is 12.4. The van der Waals surface area contributed by atoms with E-state index in [0.717, 1.165) is 0 Å². The van der Waals surface area contributed by atoms with Crippen LogP contribution in [0.5, 0.6) is 0 Å². The summed E-state index contributed by atoms with van der Waals surface area (Å²) in [4.78, 5) is 50.6. The average Bonchev–Trinajstić information content (AvgIpc) is 2.66. The molecule has 0 atom stereocenters. The number of carbonyl (C=O) groups is 4. The minimum absolute atomic E-state index is 0.0462. The molecule has 8 heteroatoms. The van der Waals surface area contributed by atoms with Gasteiger partial charge >= 0.3 is 0 Å². The molecule has 1 aliphatic heterocycles. The summed E-state index contributed by atoms with van der Waals surface area (Å²) in [6.07, 6.45) is 2.65. The molecule has 1 rings (SSSR count). The predicted molar refractivity (Wildman–Crippen MR) is 102 cm³/mol. The van der Waals surface area contributed by atoms with Crippen LogP contribution >= 0.6 is 0 Å². The van der Waals surface area contributed by atoms with Crippen molar-refractivity contribution in [3.05, 3.63) is 48.6 Å². The van der Waals surface area contributed by atoms with Crippen LogP contribution in [-0.4, -0.2) is 66.3 Å². The zero-order chi connectivity index (χ0) is 20.6. The lowest BCUT2D eigenvalue weighted by atomic mass is 10.1. The number of hydrogen-bond donors (Lipinski definition) is 2. The molecule has 1 fully saturated rings. The van der Waals surface area contributed by atoms with Crippen LogP contribution in [0, 0.1) is 0 Å². The maximum Gasteiger partial charge on any atom is 0.253 e. The molecule has 27 heavy (non-hydrogen) atoms. The van der Waals surface area contributed by atoms with Crippen molar-refractivity contribution in [3.8, 4) is 0 Å². The Labute approximate surface area is 159 Å². The van der Waals surface area contributed by atoms with Crippen LogP contribution in [0.25, 0.3) is 0 Å². The number of hydrogen-bond acceptors (Lipinski definition) is 4. The molecule has 0 bridgehead atoms. The number of carbonyl (C=O) groups excluding carboxylic acids is 4. The molecule has 4 amide bonds. The van der Waals surface area contributed by atoms with Crippen LogP contribution in [0.15, 0.2) is 48.6 Å². The van der Waals surface area contributed by atoms with Crippen molar-refractivity contribution in [1.82, 2.24) is 20.4 Å². The van der Waals surface area contributed by atoms with Crippen molar-refractivity contribution in [2.24, 2.45) is 0 Å². The number of rotatable bonds is 7. The zero-order valence-corrected chi connectivity index (χ0v) is 15.8. The highest BCUT2D eigenvalue weighted by Crippen LogP contribution is 2.09. The SMILES string of the molecule is C=CC(=O)N1CCN(C(=O)C(=C)/C=C(\C)C(=O)NCNC(=O)C(=C)C)CC1. The third-order valence-corrected chi connectivity index (χ3v) is 3.96. The van der Waals surface area contributed by atoms with Gasteiger partial charge in [-0.05, 0) is 26.0 Å². The number of amides is 4. The molecule has 0 unspecified atom stereocenters. The highest BCUT2D eigenvalue weighted by molar-refractivity contribution is 6.00. The first-order valence-corrected chi connectivity index (χ1v) is 8.47. The second kappa shape index (κ2) is 10.1. The second-order valence-corrected chi connectivity index (χ2v) is 6.14. The summed E-state index contributed by atoms with van der Waals surface area (Å²) in [5, 5.41) is 5.00. The molecule has 1 saturated heterocycles. The summed E-state index contributed by atoms with van der Waals surface area (Å²) in [6, 6.07) is 0. The molecule has 0 radical (unpaired) electrons. The van der Waals surface area contributed by atoms with Gasteiger partial charge in [-0.3, -0.25) is 19.2 Å². The van der Waals surface area contributed by atoms with Gasteiger partial charge in [0.1, 0.15) is 0 Å². The standard InChI is InChI=1S/C19H26N4O4/c1-6-16(24)22-7-9-23(10-8-22)19(27)15(5)11-14(4)18(26)21-12-20-17(25)13(2)3/h6,11H,1-2,5,7-10,12H2,3-4H3,(H,20,25)(H,21,26)/b14-11+. The van der Waals surface area contributed by atoms with Crippen LogP contribution in [0.4, 0.5) is 0 Å². The Balaban J connectivity index is 2.53. The van der Waals surface area contributed by atoms with Gasteiger partial charge in [0.05, 0.1) is 6.67 Å². The Hall–Kier alpha value is -3.16. The van der Waals surface area contributed by atoms with E-state index < -0.39 is 5.91 Å². The Morgan fingerprint density at radius 3 is 1.96 bits per heavy atom. The van der Waals surface area contributed by atoms with Gasteiger partial charge in [0, 0.05) is 42.9 Å². The smallest absolute Gasteiger partial charge is 0.253 e. The van der Waals surface area contributed by atoms with Crippen LogP contribution < -0.4 is 10.6 Å². The van der Waals surface area contributed by atoms with Crippen LogP contribution in [-0.2, 0) is 19.2 Å². The normalized spacial score (nSPS) is 14.2. The lowest BCUT2D eigenvalue weighted by molar-refractivity contribution is -0.134. The molecule has 1 aliphatic rings. The first-order valence-electron chi connectivity index (χ1n) is 8.47. The van der Waals surface area contributed by atoms with Gasteiger partial charge in [-0.15, -0.1) is 0 Å². The molecule has 0 aromatic heterocycles. The van der Waals surface area contributed by atoms with Gasteiger partial charge in [-0.25, -0.2) is 0 Å². The molecule has 0 aliphatic carbocycles. The number of piperazine rings is 1. The molecule has 0 spiro atoms. The van der Waals surface area contributed by atoms with Crippen molar-refractivity contribution in [2.75, 3.05) is 32.8 Å². The topological polar surface area (TPSA) is 98.8 Å². The van der Waals surface area contributed by atoms with E-state index in [0.29, 0.717) is 37.3 Å². The van der Waals surface area contributed by atoms with Crippen molar-refractivity contribution < 1.29 is 19.2 Å². The quantitative estimate of drug-likeness (QED) is 0.375. The highest BCUT2D eigenvalue weighted by atomic mass is 16.2. The first-order chi connectivity index (χ1) is 12.7. The lowest BCUT2D eigenvalue weighted by Crippen LogP contribution is -2.50. The molecule has 0 aromatic carbocycles. The summed E-state index contributed by atoms with van der Waals surface area (Å²) in [6.45, 7) is 15.4. The number of nitrogens with zero attached hydrogens (tertiary/aromatic N) is 2. The molecule has 0 saturated carbocycles. The minimum atomic E-state index is -0.424. The van der Waals surface area contributed by atoms with E-state index >= 15 is 0 Å². The van der Waals surface area contributed by atoms with Crippen molar-refractivity contribution in [2.45, 2.75) is 13.8 Å². The Morgan fingerprint density at radius 2 is 1.44 bits per heavy atom.